The van der Waals surface area contributed by atoms with Gasteiger partial charge in [-0.1, -0.05) is 25.2 Å². The highest BCUT2D eigenvalue weighted by molar-refractivity contribution is 5.95. The van der Waals surface area contributed by atoms with Crippen molar-refractivity contribution in [2.24, 2.45) is 5.92 Å². The third kappa shape index (κ3) is 4.66. The van der Waals surface area contributed by atoms with Crippen LogP contribution in [0.3, 0.4) is 0 Å². The highest BCUT2D eigenvalue weighted by Gasteiger charge is 2.17. The van der Waals surface area contributed by atoms with Crippen molar-refractivity contribution in [2.75, 3.05) is 20.3 Å². The van der Waals surface area contributed by atoms with Crippen LogP contribution in [0.5, 0.6) is 11.5 Å². The fraction of sp³-hybridized carbons (Fsp3) is 0.526. The van der Waals surface area contributed by atoms with Gasteiger partial charge in [0.25, 0.3) is 5.91 Å². The number of carbonyl (C=O) groups excluding carboxylic acids is 1. The number of amides is 1. The zero-order chi connectivity index (χ0) is 16.7. The van der Waals surface area contributed by atoms with Crippen LogP contribution in [0.4, 0.5) is 0 Å². The number of aryl methyl sites for hydroxylation is 1. The molecule has 124 valence electrons. The van der Waals surface area contributed by atoms with Gasteiger partial charge in [-0.2, -0.15) is 0 Å². The maximum absolute atomic E-state index is 12.4. The summed E-state index contributed by atoms with van der Waals surface area (Å²) in [5, 5.41) is 3.04. The molecule has 0 heterocycles. The summed E-state index contributed by atoms with van der Waals surface area (Å²) in [7, 11) is 1.56. The van der Waals surface area contributed by atoms with Crippen LogP contribution in [0.1, 0.15) is 48.0 Å². The molecule has 0 atom stereocenters. The van der Waals surface area contributed by atoms with E-state index in [9.17, 15) is 4.79 Å². The number of nitrogens with one attached hydrogen (secondary N) is 1. The largest absolute Gasteiger partial charge is 0.493 e. The van der Waals surface area contributed by atoms with E-state index in [1.165, 1.54) is 32.1 Å². The number of hydrogen-bond donors (Lipinski definition) is 1. The van der Waals surface area contributed by atoms with E-state index in [4.69, 9.17) is 15.9 Å². The number of terminal acetylenes is 1. The number of rotatable bonds is 6. The number of methoxy groups -OCH3 is 1. The highest BCUT2D eigenvalue weighted by atomic mass is 16.5. The van der Waals surface area contributed by atoms with Gasteiger partial charge in [0.15, 0.2) is 11.5 Å². The van der Waals surface area contributed by atoms with E-state index in [1.54, 1.807) is 13.2 Å². The second-order valence-electron chi connectivity index (χ2n) is 6.03. The SMILES string of the molecule is C#CCOc1c(C)cc(C(=O)NCC2CCCCC2)cc1OC. The molecule has 1 aliphatic rings. The van der Waals surface area contributed by atoms with Crippen molar-refractivity contribution < 1.29 is 14.3 Å². The molecule has 4 nitrogen and oxygen atoms in total. The van der Waals surface area contributed by atoms with Gasteiger partial charge in [0.2, 0.25) is 0 Å². The van der Waals surface area contributed by atoms with Crippen molar-refractivity contribution in [3.05, 3.63) is 23.3 Å². The minimum atomic E-state index is -0.0690. The Hall–Kier alpha value is -2.15. The Morgan fingerprint density at radius 3 is 2.74 bits per heavy atom. The van der Waals surface area contributed by atoms with Crippen LogP contribution in [0.2, 0.25) is 0 Å². The molecular weight excluding hydrogens is 290 g/mol. The first kappa shape index (κ1) is 17.2. The monoisotopic (exact) mass is 315 g/mol. The first-order valence-corrected chi connectivity index (χ1v) is 8.18. The quantitative estimate of drug-likeness (QED) is 0.819. The average molecular weight is 315 g/mol. The van der Waals surface area contributed by atoms with E-state index in [2.05, 4.69) is 11.2 Å². The van der Waals surface area contributed by atoms with Crippen LogP contribution in [-0.4, -0.2) is 26.2 Å². The summed E-state index contributed by atoms with van der Waals surface area (Å²) in [6.07, 6.45) is 11.5. The molecule has 2 rings (SSSR count). The van der Waals surface area contributed by atoms with Crippen LogP contribution >= 0.6 is 0 Å². The third-order valence-corrected chi connectivity index (χ3v) is 4.30. The summed E-state index contributed by atoms with van der Waals surface area (Å²) in [5.74, 6) is 4.09. The van der Waals surface area contributed by atoms with Crippen molar-refractivity contribution in [1.29, 1.82) is 0 Å². The van der Waals surface area contributed by atoms with Gasteiger partial charge in [0.1, 0.15) is 6.61 Å². The molecule has 0 radical (unpaired) electrons. The van der Waals surface area contributed by atoms with E-state index in [0.29, 0.717) is 23.0 Å². The Morgan fingerprint density at radius 1 is 1.35 bits per heavy atom. The Balaban J connectivity index is 2.04. The summed E-state index contributed by atoms with van der Waals surface area (Å²) in [5.41, 5.74) is 1.42. The van der Waals surface area contributed by atoms with Gasteiger partial charge < -0.3 is 14.8 Å². The predicted octanol–water partition coefficient (Wildman–Crippen LogP) is 3.33. The maximum Gasteiger partial charge on any atom is 0.251 e. The first-order chi connectivity index (χ1) is 11.2. The normalized spacial score (nSPS) is 14.8. The molecule has 1 aromatic rings. The maximum atomic E-state index is 12.4. The second kappa shape index (κ2) is 8.47. The van der Waals surface area contributed by atoms with Gasteiger partial charge in [-0.25, -0.2) is 0 Å². The molecule has 0 unspecified atom stereocenters. The fourth-order valence-corrected chi connectivity index (χ4v) is 3.05. The Morgan fingerprint density at radius 2 is 2.09 bits per heavy atom. The highest BCUT2D eigenvalue weighted by Crippen LogP contribution is 2.32. The van der Waals surface area contributed by atoms with Gasteiger partial charge >= 0.3 is 0 Å². The second-order valence-corrected chi connectivity index (χ2v) is 6.03. The van der Waals surface area contributed by atoms with Crippen LogP contribution < -0.4 is 14.8 Å². The van der Waals surface area contributed by atoms with E-state index < -0.39 is 0 Å². The summed E-state index contributed by atoms with van der Waals surface area (Å²) in [6, 6.07) is 3.51. The average Bonchev–Trinajstić information content (AvgIpc) is 2.58. The smallest absolute Gasteiger partial charge is 0.251 e. The minimum Gasteiger partial charge on any atom is -0.493 e. The molecule has 1 aliphatic carbocycles. The minimum absolute atomic E-state index is 0.0690. The number of ether oxygens (including phenoxy) is 2. The Bertz CT molecular complexity index is 583. The topological polar surface area (TPSA) is 47.6 Å². The van der Waals surface area contributed by atoms with E-state index >= 15 is 0 Å². The van der Waals surface area contributed by atoms with Crippen LogP contribution in [0.15, 0.2) is 12.1 Å². The molecule has 1 N–H and O–H groups in total. The van der Waals surface area contributed by atoms with Crippen molar-refractivity contribution in [1.82, 2.24) is 5.32 Å². The molecule has 0 spiro atoms. The molecule has 1 amide bonds. The van der Waals surface area contributed by atoms with E-state index in [-0.39, 0.29) is 12.5 Å². The van der Waals surface area contributed by atoms with Crippen molar-refractivity contribution in [3.63, 3.8) is 0 Å². The summed E-state index contributed by atoms with van der Waals surface area (Å²) in [4.78, 5) is 12.4. The molecule has 0 bridgehead atoms. The fourth-order valence-electron chi connectivity index (χ4n) is 3.05. The molecule has 1 saturated carbocycles. The molecule has 0 saturated heterocycles. The van der Waals surface area contributed by atoms with Crippen LogP contribution in [0.25, 0.3) is 0 Å². The lowest BCUT2D eigenvalue weighted by Gasteiger charge is -2.22. The molecule has 1 aromatic carbocycles. The van der Waals surface area contributed by atoms with Gasteiger partial charge in [0.05, 0.1) is 7.11 Å². The summed E-state index contributed by atoms with van der Waals surface area (Å²) >= 11 is 0. The molecule has 23 heavy (non-hydrogen) atoms. The third-order valence-electron chi connectivity index (χ3n) is 4.30. The van der Waals surface area contributed by atoms with E-state index in [1.807, 2.05) is 13.0 Å². The number of benzene rings is 1. The van der Waals surface area contributed by atoms with Gasteiger partial charge in [-0.05, 0) is 43.4 Å². The number of carbonyl (C=O) groups is 1. The zero-order valence-electron chi connectivity index (χ0n) is 14.0. The van der Waals surface area contributed by atoms with Gasteiger partial charge in [-0.15, -0.1) is 6.42 Å². The summed E-state index contributed by atoms with van der Waals surface area (Å²) < 4.78 is 10.8. The Kier molecular flexibility index (Phi) is 6.34. The Labute approximate surface area is 138 Å². The summed E-state index contributed by atoms with van der Waals surface area (Å²) in [6.45, 7) is 2.80. The van der Waals surface area contributed by atoms with Crippen molar-refractivity contribution in [3.8, 4) is 23.8 Å². The predicted molar refractivity (Wildman–Crippen MR) is 91.0 cm³/mol. The molecular formula is C19H25NO3. The molecule has 0 aromatic heterocycles. The molecule has 0 aliphatic heterocycles. The van der Waals surface area contributed by atoms with E-state index in [0.717, 1.165) is 12.1 Å². The molecule has 4 heteroatoms. The lowest BCUT2D eigenvalue weighted by atomic mass is 9.89. The first-order valence-electron chi connectivity index (χ1n) is 8.18. The van der Waals surface area contributed by atoms with Crippen LogP contribution in [-0.2, 0) is 0 Å². The lowest BCUT2D eigenvalue weighted by molar-refractivity contribution is 0.0943. The zero-order valence-corrected chi connectivity index (χ0v) is 14.0. The van der Waals surface area contributed by atoms with Crippen molar-refractivity contribution >= 4 is 5.91 Å². The van der Waals surface area contributed by atoms with Gasteiger partial charge in [0, 0.05) is 12.1 Å². The standard InChI is InChI=1S/C19H25NO3/c1-4-10-23-18-14(2)11-16(12-17(18)22-3)19(21)20-13-15-8-6-5-7-9-15/h1,11-12,15H,5-10,13H2,2-3H3,(H,20,21). The van der Waals surface area contributed by atoms with Crippen LogP contribution in [0, 0.1) is 25.2 Å². The molecule has 1 fully saturated rings. The number of hydrogen-bond acceptors (Lipinski definition) is 3. The lowest BCUT2D eigenvalue weighted by Crippen LogP contribution is -2.30. The van der Waals surface area contributed by atoms with Crippen molar-refractivity contribution in [2.45, 2.75) is 39.0 Å². The van der Waals surface area contributed by atoms with Gasteiger partial charge in [-0.3, -0.25) is 4.79 Å².